The molecule has 0 unspecified atom stereocenters. The average molecular weight is 396 g/mol. The van der Waals surface area contributed by atoms with Crippen molar-refractivity contribution in [2.24, 2.45) is 0 Å². The number of methoxy groups -OCH3 is 2. The van der Waals surface area contributed by atoms with Gasteiger partial charge in [-0.25, -0.2) is 9.59 Å². The molecule has 0 spiro atoms. The number of rotatable bonds is 6. The Morgan fingerprint density at radius 3 is 1.41 bits per heavy atom. The quantitative estimate of drug-likeness (QED) is 0.700. The van der Waals surface area contributed by atoms with Gasteiger partial charge in [-0.3, -0.25) is 9.80 Å². The minimum absolute atomic E-state index is 0.304. The van der Waals surface area contributed by atoms with Crippen LogP contribution in [0.15, 0.2) is 48.5 Å². The van der Waals surface area contributed by atoms with E-state index in [4.69, 9.17) is 9.47 Å². The lowest BCUT2D eigenvalue weighted by atomic mass is 10.1. The molecule has 29 heavy (non-hydrogen) atoms. The van der Waals surface area contributed by atoms with Crippen LogP contribution < -0.4 is 0 Å². The van der Waals surface area contributed by atoms with E-state index >= 15 is 0 Å². The molecule has 1 saturated heterocycles. The molecule has 1 fully saturated rings. The number of benzene rings is 2. The van der Waals surface area contributed by atoms with E-state index in [0.29, 0.717) is 11.1 Å². The summed E-state index contributed by atoms with van der Waals surface area (Å²) in [6.45, 7) is 5.86. The van der Waals surface area contributed by atoms with Crippen LogP contribution in [0.1, 0.15) is 38.3 Å². The number of carbonyl (C=O) groups excluding carboxylic acids is 2. The Labute approximate surface area is 172 Å². The molecule has 0 aliphatic carbocycles. The van der Waals surface area contributed by atoms with E-state index in [1.54, 1.807) is 0 Å². The second-order valence-electron chi connectivity index (χ2n) is 7.28. The zero-order valence-electron chi connectivity index (χ0n) is 17.1. The molecule has 0 atom stereocenters. The highest BCUT2D eigenvalue weighted by molar-refractivity contribution is 5.89. The van der Waals surface area contributed by atoms with Crippen LogP contribution in [0, 0.1) is 0 Å². The minimum Gasteiger partial charge on any atom is -0.465 e. The first-order chi connectivity index (χ1) is 14.1. The first kappa shape index (κ1) is 21.0. The van der Waals surface area contributed by atoms with Crippen LogP contribution in [-0.2, 0) is 22.6 Å². The van der Waals surface area contributed by atoms with Crippen molar-refractivity contribution in [1.82, 2.24) is 9.80 Å². The van der Waals surface area contributed by atoms with Crippen LogP contribution >= 0.6 is 0 Å². The third-order valence-electron chi connectivity index (χ3n) is 5.24. The highest BCUT2D eigenvalue weighted by atomic mass is 16.5. The maximum Gasteiger partial charge on any atom is 0.337 e. The highest BCUT2D eigenvalue weighted by Crippen LogP contribution is 2.14. The molecule has 2 aromatic carbocycles. The predicted molar refractivity (Wildman–Crippen MR) is 111 cm³/mol. The molecular formula is C23H28N2O4. The number of hydrogen-bond donors (Lipinski definition) is 0. The van der Waals surface area contributed by atoms with Gasteiger partial charge in [-0.15, -0.1) is 0 Å². The maximum absolute atomic E-state index is 11.6. The van der Waals surface area contributed by atoms with Crippen molar-refractivity contribution in [3.63, 3.8) is 0 Å². The zero-order valence-corrected chi connectivity index (χ0v) is 17.1. The fourth-order valence-corrected chi connectivity index (χ4v) is 3.59. The fraction of sp³-hybridized carbons (Fsp3) is 0.391. The number of ether oxygens (including phenoxy) is 2. The fourth-order valence-electron chi connectivity index (χ4n) is 3.59. The Hall–Kier alpha value is -2.70. The normalized spacial score (nSPS) is 15.5. The molecule has 1 aliphatic heterocycles. The smallest absolute Gasteiger partial charge is 0.337 e. The molecule has 0 bridgehead atoms. The van der Waals surface area contributed by atoms with E-state index in [0.717, 1.165) is 45.7 Å². The molecule has 6 heteroatoms. The molecule has 154 valence electrons. The van der Waals surface area contributed by atoms with Crippen molar-refractivity contribution in [2.45, 2.75) is 19.5 Å². The third kappa shape index (κ3) is 5.89. The van der Waals surface area contributed by atoms with Crippen LogP contribution in [-0.4, -0.2) is 62.1 Å². The summed E-state index contributed by atoms with van der Waals surface area (Å²) in [5, 5.41) is 0. The largest absolute Gasteiger partial charge is 0.465 e. The first-order valence-corrected chi connectivity index (χ1v) is 9.88. The number of esters is 2. The topological polar surface area (TPSA) is 59.1 Å². The van der Waals surface area contributed by atoms with Crippen molar-refractivity contribution in [1.29, 1.82) is 0 Å². The summed E-state index contributed by atoms with van der Waals surface area (Å²) < 4.78 is 9.50. The van der Waals surface area contributed by atoms with Gasteiger partial charge in [0, 0.05) is 26.2 Å². The zero-order chi connectivity index (χ0) is 20.6. The third-order valence-corrected chi connectivity index (χ3v) is 5.24. The summed E-state index contributed by atoms with van der Waals surface area (Å²) in [4.78, 5) is 28.0. The van der Waals surface area contributed by atoms with Crippen LogP contribution in [0.25, 0.3) is 0 Å². The molecule has 0 N–H and O–H groups in total. The van der Waals surface area contributed by atoms with Gasteiger partial charge >= 0.3 is 11.9 Å². The monoisotopic (exact) mass is 396 g/mol. The lowest BCUT2D eigenvalue weighted by Crippen LogP contribution is -2.30. The predicted octanol–water partition coefficient (Wildman–Crippen LogP) is 2.97. The summed E-state index contributed by atoms with van der Waals surface area (Å²) in [5.41, 5.74) is 3.56. The van der Waals surface area contributed by atoms with Crippen molar-refractivity contribution < 1.29 is 19.1 Å². The van der Waals surface area contributed by atoms with Gasteiger partial charge in [-0.2, -0.15) is 0 Å². The van der Waals surface area contributed by atoms with E-state index in [2.05, 4.69) is 9.80 Å². The van der Waals surface area contributed by atoms with Crippen LogP contribution in [0.3, 0.4) is 0 Å². The lowest BCUT2D eigenvalue weighted by molar-refractivity contribution is 0.0592. The molecule has 1 aliphatic rings. The SMILES string of the molecule is COC(=O)c1ccc(CN2CCCN(Cc3ccc(C(=O)OC)cc3)CC2)cc1. The minimum atomic E-state index is -0.304. The molecule has 6 nitrogen and oxygen atoms in total. The van der Waals surface area contributed by atoms with E-state index in [1.807, 2.05) is 48.5 Å². The van der Waals surface area contributed by atoms with Gasteiger partial charge in [-0.1, -0.05) is 24.3 Å². The number of carbonyl (C=O) groups is 2. The van der Waals surface area contributed by atoms with Gasteiger partial charge in [0.15, 0.2) is 0 Å². The Balaban J connectivity index is 1.51. The molecule has 3 rings (SSSR count). The van der Waals surface area contributed by atoms with Crippen LogP contribution in [0.4, 0.5) is 0 Å². The molecule has 0 amide bonds. The summed E-state index contributed by atoms with van der Waals surface area (Å²) in [7, 11) is 2.79. The lowest BCUT2D eigenvalue weighted by Gasteiger charge is -2.22. The summed E-state index contributed by atoms with van der Waals surface area (Å²) in [6.07, 6.45) is 1.11. The standard InChI is InChI=1S/C23H28N2O4/c1-28-22(26)20-8-4-18(5-9-20)16-24-12-3-13-25(15-14-24)17-19-6-10-21(11-7-19)23(27)29-2/h4-11H,3,12-17H2,1-2H3. The van der Waals surface area contributed by atoms with Gasteiger partial charge in [-0.05, 0) is 54.9 Å². The summed E-state index contributed by atoms with van der Waals surface area (Å²) >= 11 is 0. The molecule has 2 aromatic rings. The van der Waals surface area contributed by atoms with Gasteiger partial charge in [0.05, 0.1) is 25.3 Å². The van der Waals surface area contributed by atoms with E-state index in [-0.39, 0.29) is 11.9 Å². The van der Waals surface area contributed by atoms with Crippen molar-refractivity contribution in [2.75, 3.05) is 40.4 Å². The van der Waals surface area contributed by atoms with E-state index in [1.165, 1.54) is 25.3 Å². The average Bonchev–Trinajstić information content (AvgIpc) is 2.98. The number of nitrogens with zero attached hydrogens (tertiary/aromatic N) is 2. The second kappa shape index (κ2) is 10.2. The van der Waals surface area contributed by atoms with E-state index in [9.17, 15) is 9.59 Å². The van der Waals surface area contributed by atoms with E-state index < -0.39 is 0 Å². The first-order valence-electron chi connectivity index (χ1n) is 9.88. The molecular weight excluding hydrogens is 368 g/mol. The highest BCUT2D eigenvalue weighted by Gasteiger charge is 2.16. The number of hydrogen-bond acceptors (Lipinski definition) is 6. The van der Waals surface area contributed by atoms with Crippen LogP contribution in [0.2, 0.25) is 0 Å². The summed E-state index contributed by atoms with van der Waals surface area (Å²) in [5.74, 6) is -0.608. The van der Waals surface area contributed by atoms with Crippen molar-refractivity contribution >= 4 is 11.9 Å². The second-order valence-corrected chi connectivity index (χ2v) is 7.28. The van der Waals surface area contributed by atoms with Gasteiger partial charge < -0.3 is 9.47 Å². The Bertz CT molecular complexity index is 748. The summed E-state index contributed by atoms with van der Waals surface area (Å²) in [6, 6.07) is 15.3. The molecule has 0 radical (unpaired) electrons. The molecule has 1 heterocycles. The van der Waals surface area contributed by atoms with Crippen molar-refractivity contribution in [3.05, 3.63) is 70.8 Å². The Morgan fingerprint density at radius 1 is 0.690 bits per heavy atom. The van der Waals surface area contributed by atoms with Gasteiger partial charge in [0.2, 0.25) is 0 Å². The van der Waals surface area contributed by atoms with Gasteiger partial charge in [0.1, 0.15) is 0 Å². The maximum atomic E-state index is 11.6. The molecule has 0 aromatic heterocycles. The van der Waals surface area contributed by atoms with Crippen molar-refractivity contribution in [3.8, 4) is 0 Å². The Kier molecular flexibility index (Phi) is 7.38. The van der Waals surface area contributed by atoms with Crippen LogP contribution in [0.5, 0.6) is 0 Å². The molecule has 0 saturated carbocycles. The Morgan fingerprint density at radius 2 is 1.07 bits per heavy atom. The van der Waals surface area contributed by atoms with Gasteiger partial charge in [0.25, 0.3) is 0 Å².